The number of aliphatic hydroxyl groups is 2. The first-order valence-electron chi connectivity index (χ1n) is 7.81. The number of nitrogens with two attached hydrogens (primary N) is 3. The summed E-state index contributed by atoms with van der Waals surface area (Å²) in [7, 11) is 0. The second kappa shape index (κ2) is 5.46. The minimum Gasteiger partial charge on any atom is -0.462 e. The van der Waals surface area contributed by atoms with Crippen molar-refractivity contribution in [3.05, 3.63) is 0 Å². The van der Waals surface area contributed by atoms with Gasteiger partial charge in [-0.25, -0.2) is 9.57 Å². The summed E-state index contributed by atoms with van der Waals surface area (Å²) in [5.74, 6) is -2.32. The molecule has 3 aliphatic heterocycles. The van der Waals surface area contributed by atoms with Crippen LogP contribution in [0.4, 0.5) is 0 Å². The van der Waals surface area contributed by atoms with Gasteiger partial charge in [-0.3, -0.25) is 15.8 Å². The highest BCUT2D eigenvalue weighted by molar-refractivity contribution is 5.83. The van der Waals surface area contributed by atoms with Gasteiger partial charge in [0.25, 0.3) is 0 Å². The van der Waals surface area contributed by atoms with Gasteiger partial charge in [0, 0.05) is 13.3 Å². The number of nitrogens with zero attached hydrogens (tertiary/aromatic N) is 2. The molecule has 1 fully saturated rings. The quantitative estimate of drug-likeness (QED) is 0.151. The molecular formula is C13H24N7O4+. The van der Waals surface area contributed by atoms with Crippen LogP contribution in [0.15, 0.2) is 4.99 Å². The van der Waals surface area contributed by atoms with Gasteiger partial charge in [-0.15, -0.1) is 0 Å². The molecule has 3 heterocycles. The molecule has 0 amide bonds. The maximum atomic E-state index is 11.1. The molecule has 10 N–H and O–H groups in total. The van der Waals surface area contributed by atoms with Gasteiger partial charge in [0.05, 0.1) is 6.04 Å². The molecule has 0 radical (unpaired) electrons. The molecule has 11 heteroatoms. The molecule has 3 rings (SSSR count). The Hall–Kier alpha value is -2.11. The van der Waals surface area contributed by atoms with Gasteiger partial charge < -0.3 is 31.7 Å². The van der Waals surface area contributed by atoms with Crippen molar-refractivity contribution in [2.75, 3.05) is 13.2 Å². The fraction of sp³-hybridized carbons (Fsp3) is 0.769. The van der Waals surface area contributed by atoms with Crippen LogP contribution in [0.2, 0.25) is 0 Å². The number of aliphatic imine (C=N–C) groups is 1. The van der Waals surface area contributed by atoms with Gasteiger partial charge in [-0.05, 0) is 13.0 Å². The number of nitrogens with one attached hydrogen (secondary N) is 2. The predicted molar refractivity (Wildman–Crippen MR) is 83.5 cm³/mol. The first kappa shape index (κ1) is 16.7. The van der Waals surface area contributed by atoms with E-state index in [1.54, 1.807) is 4.58 Å². The minimum absolute atomic E-state index is 0.0269. The van der Waals surface area contributed by atoms with Crippen LogP contribution < -0.4 is 27.8 Å². The van der Waals surface area contributed by atoms with E-state index < -0.39 is 29.5 Å². The highest BCUT2D eigenvalue weighted by Crippen LogP contribution is 2.44. The highest BCUT2D eigenvalue weighted by Gasteiger charge is 2.73. The van der Waals surface area contributed by atoms with Crippen LogP contribution in [-0.4, -0.2) is 75.4 Å². The molecule has 4 atom stereocenters. The number of esters is 1. The Balaban J connectivity index is 2.05. The third-order valence-electron chi connectivity index (χ3n) is 4.84. The van der Waals surface area contributed by atoms with E-state index >= 15 is 0 Å². The fourth-order valence-electron chi connectivity index (χ4n) is 4.01. The number of carbonyl (C=O) groups excluding carboxylic acids is 1. The second-order valence-corrected chi connectivity index (χ2v) is 6.41. The van der Waals surface area contributed by atoms with E-state index in [0.29, 0.717) is 13.0 Å². The number of hydrogen-bond acceptors (Lipinski definition) is 10. The van der Waals surface area contributed by atoms with Crippen LogP contribution in [-0.2, 0) is 9.53 Å². The Bertz CT molecular complexity index is 619. The topological polar surface area (TPSA) is 184 Å². The first-order valence-corrected chi connectivity index (χ1v) is 7.81. The van der Waals surface area contributed by atoms with E-state index in [4.69, 9.17) is 21.9 Å². The van der Waals surface area contributed by atoms with E-state index in [-0.39, 0.29) is 31.0 Å². The maximum absolute atomic E-state index is 11.1. The first-order chi connectivity index (χ1) is 11.2. The molecule has 0 saturated carbocycles. The monoisotopic (exact) mass is 342 g/mol. The predicted octanol–water partition coefficient (Wildman–Crippen LogP) is -4.37. The number of rotatable bonds is 4. The minimum atomic E-state index is -2.15. The fourth-order valence-corrected chi connectivity index (χ4v) is 4.01. The molecule has 1 spiro atoms. The van der Waals surface area contributed by atoms with Crippen molar-refractivity contribution in [1.29, 1.82) is 0 Å². The summed E-state index contributed by atoms with van der Waals surface area (Å²) < 4.78 is 6.70. The van der Waals surface area contributed by atoms with E-state index in [0.717, 1.165) is 0 Å². The number of ether oxygens (including phenoxy) is 1. The Kier molecular flexibility index (Phi) is 3.81. The van der Waals surface area contributed by atoms with Crippen LogP contribution in [0, 0.1) is 0 Å². The Labute approximate surface area is 138 Å². The van der Waals surface area contributed by atoms with Crippen LogP contribution in [0.1, 0.15) is 19.8 Å². The van der Waals surface area contributed by atoms with Crippen LogP contribution in [0.3, 0.4) is 0 Å². The van der Waals surface area contributed by atoms with E-state index in [9.17, 15) is 15.0 Å². The normalized spacial score (nSPS) is 36.3. The Morgan fingerprint density at radius 1 is 1.50 bits per heavy atom. The summed E-state index contributed by atoms with van der Waals surface area (Å²) in [6.45, 7) is 1.61. The summed E-state index contributed by atoms with van der Waals surface area (Å²) in [4.78, 5) is 15.4. The summed E-state index contributed by atoms with van der Waals surface area (Å²) in [5, 5.41) is 27.4. The van der Waals surface area contributed by atoms with Crippen molar-refractivity contribution < 1.29 is 24.3 Å². The van der Waals surface area contributed by atoms with Gasteiger partial charge in [0.2, 0.25) is 11.4 Å². The van der Waals surface area contributed by atoms with E-state index in [1.807, 2.05) is 0 Å². The van der Waals surface area contributed by atoms with Gasteiger partial charge in [0.1, 0.15) is 12.6 Å². The molecule has 0 bridgehead atoms. The zero-order chi connectivity index (χ0) is 17.7. The molecule has 1 saturated heterocycles. The summed E-state index contributed by atoms with van der Waals surface area (Å²) in [5.41, 5.74) is 16.2. The molecule has 0 aromatic heterocycles. The van der Waals surface area contributed by atoms with Crippen molar-refractivity contribution in [2.24, 2.45) is 22.2 Å². The van der Waals surface area contributed by atoms with Crippen molar-refractivity contribution >= 4 is 17.9 Å². The third kappa shape index (κ3) is 2.19. The molecule has 0 aromatic rings. The van der Waals surface area contributed by atoms with Crippen LogP contribution in [0.5, 0.6) is 0 Å². The standard InChI is InChI=1S/C13H23N7O4/c1-6(21)24-5-8-9-13(19-10(15)18-9)12(22,23)4-7(2-3-14)20(13)11(16)17-8/h7-9,22-23H,2-5,14H2,1H3,(H5,15,16,17,18,19)/p+1/t7-,8-,9-,13-/m0/s1. The lowest BCUT2D eigenvalue weighted by molar-refractivity contribution is -0.649. The van der Waals surface area contributed by atoms with Crippen molar-refractivity contribution in [3.63, 3.8) is 0 Å². The van der Waals surface area contributed by atoms with Gasteiger partial charge in [0.15, 0.2) is 12.0 Å². The lowest BCUT2D eigenvalue weighted by atomic mass is 9.87. The number of guanidine groups is 2. The molecule has 134 valence electrons. The van der Waals surface area contributed by atoms with Crippen LogP contribution >= 0.6 is 0 Å². The van der Waals surface area contributed by atoms with E-state index in [1.165, 1.54) is 6.92 Å². The largest absolute Gasteiger partial charge is 0.462 e. The molecule has 24 heavy (non-hydrogen) atoms. The van der Waals surface area contributed by atoms with Crippen molar-refractivity contribution in [3.8, 4) is 0 Å². The molecule has 3 aliphatic rings. The molecule has 0 unspecified atom stereocenters. The Morgan fingerprint density at radius 3 is 2.83 bits per heavy atom. The lowest BCUT2D eigenvalue weighted by Gasteiger charge is -2.43. The zero-order valence-corrected chi connectivity index (χ0v) is 13.4. The molecule has 0 aliphatic carbocycles. The van der Waals surface area contributed by atoms with Crippen molar-refractivity contribution in [2.45, 2.75) is 49.3 Å². The van der Waals surface area contributed by atoms with Crippen molar-refractivity contribution in [1.82, 2.24) is 10.6 Å². The average Bonchev–Trinajstić information content (AvgIpc) is 2.92. The second-order valence-electron chi connectivity index (χ2n) is 6.41. The zero-order valence-electron chi connectivity index (χ0n) is 13.4. The average molecular weight is 342 g/mol. The number of carbonyl (C=O) groups is 1. The third-order valence-corrected chi connectivity index (χ3v) is 4.84. The summed E-state index contributed by atoms with van der Waals surface area (Å²) in [6, 6.07) is -1.58. The molecule has 11 nitrogen and oxygen atoms in total. The van der Waals surface area contributed by atoms with Gasteiger partial charge in [-0.2, -0.15) is 0 Å². The Morgan fingerprint density at radius 2 is 2.21 bits per heavy atom. The summed E-state index contributed by atoms with van der Waals surface area (Å²) >= 11 is 0. The van der Waals surface area contributed by atoms with Gasteiger partial charge in [-0.1, -0.05) is 0 Å². The SMILES string of the molecule is CC(=O)OC[C@@H]1NC(N)=[N+]2[C@@H](CCN)CC(O)(O)[C@@]23NC(N)=N[C@@H]13. The molecule has 0 aromatic carbocycles. The smallest absolute Gasteiger partial charge is 0.346 e. The van der Waals surface area contributed by atoms with Gasteiger partial charge >= 0.3 is 11.9 Å². The lowest BCUT2D eigenvalue weighted by Crippen LogP contribution is -2.78. The summed E-state index contributed by atoms with van der Waals surface area (Å²) in [6.07, 6.45) is 0.537. The molecular weight excluding hydrogens is 318 g/mol. The number of hydrogen-bond donors (Lipinski definition) is 7. The maximum Gasteiger partial charge on any atom is 0.346 e. The highest BCUT2D eigenvalue weighted by atomic mass is 16.5. The van der Waals surface area contributed by atoms with E-state index in [2.05, 4.69) is 15.6 Å². The van der Waals surface area contributed by atoms with Crippen LogP contribution in [0.25, 0.3) is 0 Å².